The molecule has 31 heavy (non-hydrogen) atoms. The van der Waals surface area contributed by atoms with Crippen molar-refractivity contribution < 1.29 is 9.53 Å². The third-order valence-electron chi connectivity index (χ3n) is 4.69. The van der Waals surface area contributed by atoms with Crippen LogP contribution in [0, 0.1) is 0 Å². The Bertz CT molecular complexity index is 1180. The monoisotopic (exact) mass is 452 g/mol. The van der Waals surface area contributed by atoms with Gasteiger partial charge in [-0.25, -0.2) is 9.97 Å². The average molecular weight is 453 g/mol. The highest BCUT2D eigenvalue weighted by Crippen LogP contribution is 2.31. The first-order chi connectivity index (χ1) is 15.0. The molecule has 1 amide bonds. The van der Waals surface area contributed by atoms with Gasteiger partial charge in [0.05, 0.1) is 29.8 Å². The minimum atomic E-state index is 0.0610. The molecule has 0 bridgehead atoms. The van der Waals surface area contributed by atoms with Crippen molar-refractivity contribution in [3.63, 3.8) is 0 Å². The van der Waals surface area contributed by atoms with Gasteiger partial charge in [-0.05, 0) is 43.3 Å². The molecule has 0 saturated carbocycles. The van der Waals surface area contributed by atoms with Gasteiger partial charge < -0.3 is 9.64 Å². The lowest BCUT2D eigenvalue weighted by molar-refractivity contribution is -0.127. The molecule has 0 radical (unpaired) electrons. The Morgan fingerprint density at radius 2 is 1.90 bits per heavy atom. The minimum Gasteiger partial charge on any atom is -0.494 e. The van der Waals surface area contributed by atoms with Gasteiger partial charge in [0, 0.05) is 30.9 Å². The van der Waals surface area contributed by atoms with Crippen LogP contribution in [0.4, 0.5) is 0 Å². The molecular weight excluding hydrogens is 428 g/mol. The summed E-state index contributed by atoms with van der Waals surface area (Å²) in [5.41, 5.74) is 4.01. The highest BCUT2D eigenvalue weighted by Gasteiger charge is 2.15. The van der Waals surface area contributed by atoms with Crippen molar-refractivity contribution in [2.45, 2.75) is 24.3 Å². The predicted molar refractivity (Wildman–Crippen MR) is 126 cm³/mol. The first-order valence-electron chi connectivity index (χ1n) is 10.0. The summed E-state index contributed by atoms with van der Waals surface area (Å²) in [7, 11) is 3.52. The second-order valence-corrected chi connectivity index (χ2v) is 9.02. The number of benzene rings is 2. The first kappa shape index (κ1) is 21.4. The molecule has 0 unspecified atom stereocenters. The van der Waals surface area contributed by atoms with Crippen LogP contribution >= 0.6 is 23.1 Å². The Morgan fingerprint density at radius 3 is 2.65 bits per heavy atom. The van der Waals surface area contributed by atoms with Crippen molar-refractivity contribution in [3.8, 4) is 11.4 Å². The summed E-state index contributed by atoms with van der Waals surface area (Å²) in [5, 5.41) is 3.77. The number of rotatable bonds is 8. The number of ether oxygens (including phenoxy) is 1. The van der Waals surface area contributed by atoms with Gasteiger partial charge >= 0.3 is 0 Å². The Balaban J connectivity index is 1.57. The van der Waals surface area contributed by atoms with Crippen molar-refractivity contribution in [2.24, 2.45) is 0 Å². The summed E-state index contributed by atoms with van der Waals surface area (Å²) in [6.45, 7) is 2.62. The van der Waals surface area contributed by atoms with Gasteiger partial charge in [-0.15, -0.1) is 11.3 Å². The number of aromatic nitrogens is 3. The average Bonchev–Trinajstić information content (AvgIpc) is 3.37. The Morgan fingerprint density at radius 1 is 1.13 bits per heavy atom. The molecule has 0 atom stereocenters. The van der Waals surface area contributed by atoms with Crippen molar-refractivity contribution in [1.82, 2.24) is 19.4 Å². The molecule has 2 aromatic carbocycles. The Hall–Kier alpha value is -2.84. The number of imidazole rings is 1. The van der Waals surface area contributed by atoms with Crippen molar-refractivity contribution in [1.29, 1.82) is 0 Å². The lowest BCUT2D eigenvalue weighted by atomic mass is 10.2. The molecule has 8 heteroatoms. The number of carbonyl (C=O) groups excluding carboxylic acids is 1. The number of likely N-dealkylation sites (N-methyl/N-ethyl adjacent to an activating group) is 1. The van der Waals surface area contributed by atoms with Gasteiger partial charge in [0.15, 0.2) is 5.16 Å². The van der Waals surface area contributed by atoms with E-state index in [4.69, 9.17) is 9.72 Å². The second kappa shape index (κ2) is 9.53. The van der Waals surface area contributed by atoms with E-state index < -0.39 is 0 Å². The Labute approximate surface area is 189 Å². The highest BCUT2D eigenvalue weighted by molar-refractivity contribution is 7.98. The molecule has 160 valence electrons. The van der Waals surface area contributed by atoms with Crippen LogP contribution in [0.1, 0.15) is 17.6 Å². The fourth-order valence-corrected chi connectivity index (χ4v) is 4.94. The standard InChI is InChI=1S/C23H24N4O2S2/c1-4-29-18-11-9-17(10-12-18)27-20-8-6-5-7-19(20)25-23(27)31-15-16-14-30-21(24-16)13-22(28)26(2)3/h5-12,14H,4,13,15H2,1-3H3. The number of hydrogen-bond acceptors (Lipinski definition) is 6. The van der Waals surface area contributed by atoms with Gasteiger partial charge in [-0.2, -0.15) is 0 Å². The molecular formula is C23H24N4O2S2. The van der Waals surface area contributed by atoms with Crippen molar-refractivity contribution in [2.75, 3.05) is 20.7 Å². The lowest BCUT2D eigenvalue weighted by Crippen LogP contribution is -2.23. The normalized spacial score (nSPS) is 11.1. The van der Waals surface area contributed by atoms with E-state index >= 15 is 0 Å². The number of para-hydroxylation sites is 2. The fourth-order valence-electron chi connectivity index (χ4n) is 3.13. The number of fused-ring (bicyclic) bond motifs is 1. The molecule has 4 aromatic rings. The molecule has 0 saturated heterocycles. The summed E-state index contributed by atoms with van der Waals surface area (Å²) in [4.78, 5) is 23.0. The van der Waals surface area contributed by atoms with Gasteiger partial charge in [0.25, 0.3) is 0 Å². The molecule has 0 aliphatic heterocycles. The molecule has 0 N–H and O–H groups in total. The molecule has 2 heterocycles. The third-order valence-corrected chi connectivity index (χ3v) is 6.56. The maximum atomic E-state index is 11.9. The molecule has 0 fully saturated rings. The second-order valence-electron chi connectivity index (χ2n) is 7.13. The zero-order valence-electron chi connectivity index (χ0n) is 17.7. The number of amides is 1. The third kappa shape index (κ3) is 4.91. The number of thioether (sulfide) groups is 1. The quantitative estimate of drug-likeness (QED) is 0.359. The van der Waals surface area contributed by atoms with E-state index in [0.717, 1.165) is 38.3 Å². The molecule has 6 nitrogen and oxygen atoms in total. The van der Waals surface area contributed by atoms with E-state index in [1.165, 1.54) is 11.3 Å². The van der Waals surface area contributed by atoms with Crippen LogP contribution in [0.15, 0.2) is 59.1 Å². The van der Waals surface area contributed by atoms with E-state index in [1.807, 2.05) is 42.6 Å². The zero-order valence-corrected chi connectivity index (χ0v) is 19.4. The van der Waals surface area contributed by atoms with E-state index in [-0.39, 0.29) is 5.91 Å². The smallest absolute Gasteiger partial charge is 0.228 e. The van der Waals surface area contributed by atoms with E-state index in [9.17, 15) is 4.79 Å². The maximum absolute atomic E-state index is 11.9. The first-order valence-corrected chi connectivity index (χ1v) is 11.9. The van der Waals surface area contributed by atoms with Gasteiger partial charge in [0.1, 0.15) is 10.8 Å². The Kier molecular flexibility index (Phi) is 6.58. The summed E-state index contributed by atoms with van der Waals surface area (Å²) < 4.78 is 7.75. The lowest BCUT2D eigenvalue weighted by Gasteiger charge is -2.10. The molecule has 2 aromatic heterocycles. The zero-order chi connectivity index (χ0) is 21.8. The van der Waals surface area contributed by atoms with E-state index in [2.05, 4.69) is 27.8 Å². The van der Waals surface area contributed by atoms with E-state index in [0.29, 0.717) is 18.8 Å². The van der Waals surface area contributed by atoms with Crippen molar-refractivity contribution >= 4 is 40.0 Å². The van der Waals surface area contributed by atoms with Gasteiger partial charge in [-0.1, -0.05) is 23.9 Å². The molecule has 0 aliphatic rings. The van der Waals surface area contributed by atoms with Crippen LogP contribution in [0.2, 0.25) is 0 Å². The van der Waals surface area contributed by atoms with Crippen LogP contribution in [-0.2, 0) is 17.0 Å². The number of thiazole rings is 1. The van der Waals surface area contributed by atoms with Crippen LogP contribution in [-0.4, -0.2) is 46.0 Å². The SMILES string of the molecule is CCOc1ccc(-n2c(SCc3csc(CC(=O)N(C)C)n3)nc3ccccc32)cc1. The van der Waals surface area contributed by atoms with Crippen molar-refractivity contribution in [3.05, 3.63) is 64.6 Å². The highest BCUT2D eigenvalue weighted by atomic mass is 32.2. The molecule has 0 spiro atoms. The molecule has 4 rings (SSSR count). The number of carbonyl (C=O) groups is 1. The van der Waals surface area contributed by atoms with Crippen LogP contribution in [0.25, 0.3) is 16.7 Å². The van der Waals surface area contributed by atoms with Gasteiger partial charge in [0.2, 0.25) is 5.91 Å². The number of hydrogen-bond donors (Lipinski definition) is 0. The summed E-state index contributed by atoms with van der Waals surface area (Å²) in [6.07, 6.45) is 0.340. The molecule has 0 aliphatic carbocycles. The van der Waals surface area contributed by atoms with Gasteiger partial charge in [-0.3, -0.25) is 9.36 Å². The maximum Gasteiger partial charge on any atom is 0.228 e. The minimum absolute atomic E-state index is 0.0610. The predicted octanol–water partition coefficient (Wildman–Crippen LogP) is 4.80. The topological polar surface area (TPSA) is 60.2 Å². The fraction of sp³-hybridized carbons (Fsp3) is 0.261. The van der Waals surface area contributed by atoms with Crippen LogP contribution < -0.4 is 4.74 Å². The van der Waals surface area contributed by atoms with Crippen LogP contribution in [0.3, 0.4) is 0 Å². The van der Waals surface area contributed by atoms with E-state index in [1.54, 1.807) is 30.8 Å². The summed E-state index contributed by atoms with van der Waals surface area (Å²) >= 11 is 3.17. The number of nitrogens with zero attached hydrogens (tertiary/aromatic N) is 4. The van der Waals surface area contributed by atoms with Crippen LogP contribution in [0.5, 0.6) is 5.75 Å². The summed E-state index contributed by atoms with van der Waals surface area (Å²) in [6, 6.07) is 16.2. The largest absolute Gasteiger partial charge is 0.494 e. The summed E-state index contributed by atoms with van der Waals surface area (Å²) in [5.74, 6) is 1.60.